The zero-order chi connectivity index (χ0) is 10.2. The van der Waals surface area contributed by atoms with E-state index in [-0.39, 0.29) is 5.34 Å². The molecule has 0 unspecified atom stereocenters. The number of alkyl halides is 5. The summed E-state index contributed by atoms with van der Waals surface area (Å²) in [6.07, 6.45) is -6.44. The molecule has 0 atom stereocenters. The lowest BCUT2D eigenvalue weighted by molar-refractivity contribution is -0.152. The Morgan fingerprint density at radius 1 is 1.33 bits per heavy atom. The molecule has 0 fully saturated rings. The third-order valence-corrected chi connectivity index (χ3v) is 0.622. The molecule has 0 spiro atoms. The van der Waals surface area contributed by atoms with Crippen LogP contribution in [0.4, 0.5) is 13.2 Å². The summed E-state index contributed by atoms with van der Waals surface area (Å²) in [5.41, 5.74) is 0. The predicted molar refractivity (Wildman–Crippen MR) is 39.5 cm³/mol. The van der Waals surface area contributed by atoms with Gasteiger partial charge in [0, 0.05) is 0 Å². The Balaban J connectivity index is 0. The van der Waals surface area contributed by atoms with Crippen molar-refractivity contribution in [2.75, 3.05) is 5.34 Å². The van der Waals surface area contributed by atoms with Crippen molar-refractivity contribution in [2.45, 2.75) is 19.0 Å². The Bertz CT molecular complexity index is 126. The lowest BCUT2D eigenvalue weighted by atomic mass is 10.3. The van der Waals surface area contributed by atoms with Gasteiger partial charge in [-0.2, -0.15) is 13.2 Å². The summed E-state index contributed by atoms with van der Waals surface area (Å²) in [6, 6.07) is 0. The van der Waals surface area contributed by atoms with Gasteiger partial charge in [0.2, 0.25) is 0 Å². The zero-order valence-corrected chi connectivity index (χ0v) is 7.38. The molecule has 0 heterocycles. The predicted octanol–water partition coefficient (Wildman–Crippen LogP) is 2.84. The molecule has 0 amide bonds. The number of carbonyl (C=O) groups is 1. The van der Waals surface area contributed by atoms with Gasteiger partial charge in [-0.05, 0) is 0 Å². The number of hydrogen-bond donors (Lipinski definition) is 1. The summed E-state index contributed by atoms with van der Waals surface area (Å²) in [5.74, 6) is -1.42. The van der Waals surface area contributed by atoms with Crippen molar-refractivity contribution in [3.05, 3.63) is 0 Å². The van der Waals surface area contributed by atoms with Crippen LogP contribution < -0.4 is 0 Å². The maximum Gasteiger partial charge on any atom is 0.389 e. The largest absolute Gasteiger partial charge is 0.481 e. The Morgan fingerprint density at radius 3 is 1.75 bits per heavy atom. The van der Waals surface area contributed by atoms with E-state index in [2.05, 4.69) is 0 Å². The maximum absolute atomic E-state index is 11.2. The summed E-state index contributed by atoms with van der Waals surface area (Å²) in [4.78, 5) is 9.55. The van der Waals surface area contributed by atoms with E-state index in [1.165, 1.54) is 0 Å². The molecule has 0 aliphatic heterocycles. The first kappa shape index (κ1) is 14.4. The van der Waals surface area contributed by atoms with Crippen molar-refractivity contribution in [2.24, 2.45) is 0 Å². The van der Waals surface area contributed by atoms with Gasteiger partial charge in [0.25, 0.3) is 0 Å². The van der Waals surface area contributed by atoms with Crippen molar-refractivity contribution in [1.82, 2.24) is 0 Å². The monoisotopic (exact) mass is 226 g/mol. The van der Waals surface area contributed by atoms with Gasteiger partial charge in [-0.1, -0.05) is 0 Å². The molecule has 0 aromatic rings. The second-order valence-electron chi connectivity index (χ2n) is 1.61. The minimum atomic E-state index is -4.35. The summed E-state index contributed by atoms with van der Waals surface area (Å²) in [5, 5.41) is 7.97. The maximum atomic E-state index is 11.2. The van der Waals surface area contributed by atoms with E-state index in [1.807, 2.05) is 0 Å². The molecule has 0 aliphatic rings. The van der Waals surface area contributed by atoms with Gasteiger partial charge in [0.05, 0.1) is 18.2 Å². The quantitative estimate of drug-likeness (QED) is 0.736. The Morgan fingerprint density at radius 2 is 1.67 bits per heavy atom. The van der Waals surface area contributed by atoms with Gasteiger partial charge in [-0.25, -0.2) is 0 Å². The average Bonchev–Trinajstić information content (AvgIpc) is 1.84. The molecule has 74 valence electrons. The zero-order valence-electron chi connectivity index (χ0n) is 5.87. The summed E-state index contributed by atoms with van der Waals surface area (Å²) in [7, 11) is 0. The first-order chi connectivity index (χ1) is 5.33. The van der Waals surface area contributed by atoms with Crippen molar-refractivity contribution >= 4 is 29.2 Å². The number of aliphatic carboxylic acids is 1. The van der Waals surface area contributed by atoms with Crippen LogP contribution in [0.5, 0.6) is 0 Å². The first-order valence-electron chi connectivity index (χ1n) is 2.74. The standard InChI is InChI=1S/C4H5F3O2.CH2Cl2/c5-4(6,7)2-1-3(8)9;2-1-3/h1-2H2,(H,8,9);1H2. The molecule has 12 heavy (non-hydrogen) atoms. The van der Waals surface area contributed by atoms with Crippen molar-refractivity contribution < 1.29 is 23.1 Å². The van der Waals surface area contributed by atoms with E-state index < -0.39 is 25.0 Å². The number of carboxylic acids is 1. The van der Waals surface area contributed by atoms with Crippen LogP contribution in [0.3, 0.4) is 0 Å². The third-order valence-electron chi connectivity index (χ3n) is 0.622. The molecular formula is C5H7Cl2F3O2. The molecule has 0 aromatic carbocycles. The van der Waals surface area contributed by atoms with Gasteiger partial charge in [0.1, 0.15) is 0 Å². The third kappa shape index (κ3) is 22.5. The van der Waals surface area contributed by atoms with Crippen LogP contribution >= 0.6 is 23.2 Å². The molecule has 0 saturated carbocycles. The van der Waals surface area contributed by atoms with Crippen LogP contribution in [-0.4, -0.2) is 22.6 Å². The number of rotatable bonds is 2. The highest BCUT2D eigenvalue weighted by Crippen LogP contribution is 2.20. The fourth-order valence-corrected chi connectivity index (χ4v) is 0.249. The van der Waals surface area contributed by atoms with Crippen LogP contribution in [0.15, 0.2) is 0 Å². The van der Waals surface area contributed by atoms with Gasteiger partial charge in [-0.3, -0.25) is 4.79 Å². The second kappa shape index (κ2) is 7.49. The van der Waals surface area contributed by atoms with Gasteiger partial charge in [-0.15, -0.1) is 23.2 Å². The van der Waals surface area contributed by atoms with Gasteiger partial charge >= 0.3 is 12.1 Å². The Labute approximate surface area is 77.3 Å². The summed E-state index contributed by atoms with van der Waals surface area (Å²) >= 11 is 9.53. The van der Waals surface area contributed by atoms with E-state index in [0.717, 1.165) is 0 Å². The topological polar surface area (TPSA) is 37.3 Å². The van der Waals surface area contributed by atoms with Crippen LogP contribution in [-0.2, 0) is 4.79 Å². The molecule has 0 aliphatic carbocycles. The Kier molecular flexibility index (Phi) is 8.97. The molecule has 2 nitrogen and oxygen atoms in total. The first-order valence-corrected chi connectivity index (χ1v) is 3.81. The number of halogens is 5. The van der Waals surface area contributed by atoms with Crippen molar-refractivity contribution in [3.63, 3.8) is 0 Å². The highest BCUT2D eigenvalue weighted by Gasteiger charge is 2.27. The molecule has 1 N–H and O–H groups in total. The molecule has 0 saturated heterocycles. The minimum Gasteiger partial charge on any atom is -0.481 e. The van der Waals surface area contributed by atoms with Crippen LogP contribution in [0.1, 0.15) is 12.8 Å². The van der Waals surface area contributed by atoms with Crippen LogP contribution in [0.2, 0.25) is 0 Å². The van der Waals surface area contributed by atoms with E-state index in [0.29, 0.717) is 0 Å². The van der Waals surface area contributed by atoms with Crippen LogP contribution in [0, 0.1) is 0 Å². The molecule has 0 rings (SSSR count). The molecular weight excluding hydrogens is 220 g/mol. The number of hydrogen-bond acceptors (Lipinski definition) is 1. The second-order valence-corrected chi connectivity index (χ2v) is 2.42. The molecule has 7 heteroatoms. The fourth-order valence-electron chi connectivity index (χ4n) is 0.249. The highest BCUT2D eigenvalue weighted by atomic mass is 35.5. The van der Waals surface area contributed by atoms with Gasteiger partial charge in [0.15, 0.2) is 0 Å². The molecule has 0 aromatic heterocycles. The van der Waals surface area contributed by atoms with Crippen LogP contribution in [0.25, 0.3) is 0 Å². The van der Waals surface area contributed by atoms with E-state index in [9.17, 15) is 18.0 Å². The lowest BCUT2D eigenvalue weighted by Crippen LogP contribution is -2.09. The van der Waals surface area contributed by atoms with Crippen molar-refractivity contribution in [1.29, 1.82) is 0 Å². The molecule has 0 bridgehead atoms. The minimum absolute atomic E-state index is 0.194. The summed E-state index contributed by atoms with van der Waals surface area (Å²) in [6.45, 7) is 0. The smallest absolute Gasteiger partial charge is 0.389 e. The highest BCUT2D eigenvalue weighted by molar-refractivity contribution is 6.40. The summed E-state index contributed by atoms with van der Waals surface area (Å²) < 4.78 is 33.5. The SMILES string of the molecule is ClCCl.O=C(O)CCC(F)(F)F. The fraction of sp³-hybridized carbons (Fsp3) is 0.800. The van der Waals surface area contributed by atoms with Gasteiger partial charge < -0.3 is 5.11 Å². The lowest BCUT2D eigenvalue weighted by Gasteiger charge is -2.01. The van der Waals surface area contributed by atoms with E-state index >= 15 is 0 Å². The van der Waals surface area contributed by atoms with Crippen molar-refractivity contribution in [3.8, 4) is 0 Å². The number of carboxylic acid groups (broad SMARTS) is 1. The Hall–Kier alpha value is -0.160. The molecule has 0 radical (unpaired) electrons. The normalized spacial score (nSPS) is 10.1. The van der Waals surface area contributed by atoms with E-state index in [4.69, 9.17) is 28.3 Å². The van der Waals surface area contributed by atoms with E-state index in [1.54, 1.807) is 0 Å². The average molecular weight is 227 g/mol.